The van der Waals surface area contributed by atoms with Gasteiger partial charge in [-0.2, -0.15) is 0 Å². The predicted molar refractivity (Wildman–Crippen MR) is 99.3 cm³/mol. The molecular formula is C18H24N2O2S. The molecule has 5 heteroatoms. The minimum absolute atomic E-state index is 0.00830. The molecule has 0 bridgehead atoms. The number of pyridine rings is 1. The highest BCUT2D eigenvalue weighted by Crippen LogP contribution is 2.25. The molecule has 0 fully saturated rings. The lowest BCUT2D eigenvalue weighted by atomic mass is 10.1. The van der Waals surface area contributed by atoms with Crippen molar-refractivity contribution in [3.8, 4) is 5.75 Å². The van der Waals surface area contributed by atoms with Crippen molar-refractivity contribution in [2.45, 2.75) is 40.2 Å². The molecule has 0 atom stereocenters. The highest BCUT2D eigenvalue weighted by Gasteiger charge is 2.12. The van der Waals surface area contributed by atoms with Crippen molar-refractivity contribution in [1.82, 2.24) is 4.57 Å². The Labute approximate surface area is 142 Å². The number of benzene rings is 1. The third-order valence-electron chi connectivity index (χ3n) is 3.65. The van der Waals surface area contributed by atoms with Crippen LogP contribution in [0.3, 0.4) is 0 Å². The van der Waals surface area contributed by atoms with Crippen molar-refractivity contribution in [3.05, 3.63) is 40.3 Å². The molecule has 0 aliphatic carbocycles. The van der Waals surface area contributed by atoms with Crippen LogP contribution in [0, 0.1) is 5.92 Å². The summed E-state index contributed by atoms with van der Waals surface area (Å²) in [4.78, 5) is 13.0. The summed E-state index contributed by atoms with van der Waals surface area (Å²) >= 11 is 5.04. The van der Waals surface area contributed by atoms with Crippen molar-refractivity contribution in [2.75, 3.05) is 6.61 Å². The van der Waals surface area contributed by atoms with Crippen LogP contribution in [0.5, 0.6) is 5.75 Å². The average Bonchev–Trinajstić information content (AvgIpc) is 2.50. The van der Waals surface area contributed by atoms with Gasteiger partial charge in [0.1, 0.15) is 10.7 Å². The zero-order chi connectivity index (χ0) is 17.0. The quantitative estimate of drug-likeness (QED) is 0.623. The van der Waals surface area contributed by atoms with Gasteiger partial charge in [0.05, 0.1) is 12.0 Å². The lowest BCUT2D eigenvalue weighted by Gasteiger charge is -2.15. The third-order valence-corrected chi connectivity index (χ3v) is 3.89. The molecule has 1 aromatic carbocycles. The Morgan fingerprint density at radius 3 is 2.70 bits per heavy atom. The zero-order valence-corrected chi connectivity index (χ0v) is 14.8. The first kappa shape index (κ1) is 17.5. The second-order valence-corrected chi connectivity index (χ2v) is 6.61. The van der Waals surface area contributed by atoms with Crippen molar-refractivity contribution in [1.29, 1.82) is 0 Å². The number of hydrogen-bond donors (Lipinski definition) is 1. The summed E-state index contributed by atoms with van der Waals surface area (Å²) in [6.07, 6.45) is 3.84. The summed E-state index contributed by atoms with van der Waals surface area (Å²) in [6.45, 7) is 7.58. The Hall–Kier alpha value is -1.88. The highest BCUT2D eigenvalue weighted by atomic mass is 32.1. The van der Waals surface area contributed by atoms with Crippen molar-refractivity contribution < 1.29 is 4.74 Å². The van der Waals surface area contributed by atoms with E-state index in [1.54, 1.807) is 16.7 Å². The molecule has 0 spiro atoms. The van der Waals surface area contributed by atoms with E-state index in [1.807, 2.05) is 12.3 Å². The first-order valence-electron chi connectivity index (χ1n) is 8.03. The van der Waals surface area contributed by atoms with E-state index >= 15 is 0 Å². The SMILES string of the molecule is CCCCOc1cn(CC(C)C)c(=O)c2ccc(C(N)=S)cc12. The van der Waals surface area contributed by atoms with Crippen molar-refractivity contribution in [3.63, 3.8) is 0 Å². The number of aromatic nitrogens is 1. The minimum Gasteiger partial charge on any atom is -0.491 e. The lowest BCUT2D eigenvalue weighted by Crippen LogP contribution is -2.23. The lowest BCUT2D eigenvalue weighted by molar-refractivity contribution is 0.309. The molecule has 0 aliphatic heterocycles. The summed E-state index contributed by atoms with van der Waals surface area (Å²) in [5, 5.41) is 1.41. The van der Waals surface area contributed by atoms with E-state index in [9.17, 15) is 4.79 Å². The molecule has 2 aromatic rings. The topological polar surface area (TPSA) is 57.2 Å². The second kappa shape index (κ2) is 7.59. The molecule has 124 valence electrons. The van der Waals surface area contributed by atoms with Gasteiger partial charge >= 0.3 is 0 Å². The molecule has 1 aromatic heterocycles. The molecule has 0 amide bonds. The molecule has 0 saturated heterocycles. The molecule has 23 heavy (non-hydrogen) atoms. The van der Waals surface area contributed by atoms with Crippen LogP contribution in [0.25, 0.3) is 10.8 Å². The number of fused-ring (bicyclic) bond motifs is 1. The van der Waals surface area contributed by atoms with E-state index < -0.39 is 0 Å². The number of nitrogens with zero attached hydrogens (tertiary/aromatic N) is 1. The number of thiocarbonyl (C=S) groups is 1. The zero-order valence-electron chi connectivity index (χ0n) is 14.0. The summed E-state index contributed by atoms with van der Waals surface area (Å²) in [7, 11) is 0. The Balaban J connectivity index is 2.60. The van der Waals surface area contributed by atoms with Crippen LogP contribution in [0.1, 0.15) is 39.2 Å². The van der Waals surface area contributed by atoms with Gasteiger partial charge in [0.25, 0.3) is 5.56 Å². The number of hydrogen-bond acceptors (Lipinski definition) is 3. The van der Waals surface area contributed by atoms with Gasteiger partial charge in [-0.05, 0) is 24.5 Å². The van der Waals surface area contributed by atoms with Gasteiger partial charge in [-0.25, -0.2) is 0 Å². The molecule has 0 aliphatic rings. The largest absolute Gasteiger partial charge is 0.491 e. The van der Waals surface area contributed by atoms with Crippen LogP contribution in [-0.2, 0) is 6.54 Å². The van der Waals surface area contributed by atoms with E-state index in [-0.39, 0.29) is 5.56 Å². The maximum atomic E-state index is 12.7. The van der Waals surface area contributed by atoms with Crippen molar-refractivity contribution >= 4 is 28.0 Å². The summed E-state index contributed by atoms with van der Waals surface area (Å²) in [6, 6.07) is 5.43. The molecule has 0 radical (unpaired) electrons. The van der Waals surface area contributed by atoms with Gasteiger partial charge in [0, 0.05) is 23.7 Å². The van der Waals surface area contributed by atoms with Gasteiger partial charge in [-0.3, -0.25) is 4.79 Å². The van der Waals surface area contributed by atoms with E-state index in [0.717, 1.165) is 23.8 Å². The molecule has 2 N–H and O–H groups in total. The molecule has 2 rings (SSSR count). The third kappa shape index (κ3) is 4.10. The maximum Gasteiger partial charge on any atom is 0.258 e. The van der Waals surface area contributed by atoms with Crippen LogP contribution in [-0.4, -0.2) is 16.2 Å². The monoisotopic (exact) mass is 332 g/mol. The van der Waals surface area contributed by atoms with Crippen LogP contribution in [0.4, 0.5) is 0 Å². The number of ether oxygens (including phenoxy) is 1. The molecule has 1 heterocycles. The van der Waals surface area contributed by atoms with Gasteiger partial charge in [-0.1, -0.05) is 45.5 Å². The van der Waals surface area contributed by atoms with Crippen LogP contribution in [0.15, 0.2) is 29.2 Å². The predicted octanol–water partition coefficient (Wildman–Crippen LogP) is 3.47. The Morgan fingerprint density at radius 1 is 1.35 bits per heavy atom. The van der Waals surface area contributed by atoms with Crippen LogP contribution < -0.4 is 16.0 Å². The highest BCUT2D eigenvalue weighted by molar-refractivity contribution is 7.80. The van der Waals surface area contributed by atoms with Crippen LogP contribution in [0.2, 0.25) is 0 Å². The fourth-order valence-corrected chi connectivity index (χ4v) is 2.61. The van der Waals surface area contributed by atoms with E-state index in [0.29, 0.717) is 35.2 Å². The first-order valence-corrected chi connectivity index (χ1v) is 8.44. The van der Waals surface area contributed by atoms with Gasteiger partial charge < -0.3 is 15.0 Å². The van der Waals surface area contributed by atoms with E-state index in [1.165, 1.54) is 0 Å². The maximum absolute atomic E-state index is 12.7. The van der Waals surface area contributed by atoms with Crippen molar-refractivity contribution in [2.24, 2.45) is 11.7 Å². The van der Waals surface area contributed by atoms with Gasteiger partial charge in [0.2, 0.25) is 0 Å². The summed E-state index contributed by atoms with van der Waals surface area (Å²) in [5.74, 6) is 1.09. The van der Waals surface area contributed by atoms with Gasteiger partial charge in [-0.15, -0.1) is 0 Å². The number of nitrogens with two attached hydrogens (primary N) is 1. The Bertz CT molecular complexity index is 765. The standard InChI is InChI=1S/C18H24N2O2S/c1-4-5-8-22-16-11-20(10-12(2)3)18(21)14-7-6-13(17(19)23)9-15(14)16/h6-7,9,11-12H,4-5,8,10H2,1-3H3,(H2,19,23). The summed E-state index contributed by atoms with van der Waals surface area (Å²) < 4.78 is 7.66. The minimum atomic E-state index is -0.00830. The number of rotatable bonds is 7. The van der Waals surface area contributed by atoms with E-state index in [2.05, 4.69) is 20.8 Å². The average molecular weight is 332 g/mol. The number of unbranched alkanes of at least 4 members (excludes halogenated alkanes) is 1. The van der Waals surface area contributed by atoms with Gasteiger partial charge in [0.15, 0.2) is 0 Å². The normalized spacial score (nSPS) is 11.1. The fraction of sp³-hybridized carbons (Fsp3) is 0.444. The molecule has 0 unspecified atom stereocenters. The first-order chi connectivity index (χ1) is 10.9. The summed E-state index contributed by atoms with van der Waals surface area (Å²) in [5.41, 5.74) is 6.45. The van der Waals surface area contributed by atoms with E-state index in [4.69, 9.17) is 22.7 Å². The van der Waals surface area contributed by atoms with Crippen LogP contribution >= 0.6 is 12.2 Å². The second-order valence-electron chi connectivity index (χ2n) is 6.17. The Kier molecular flexibility index (Phi) is 5.77. The smallest absolute Gasteiger partial charge is 0.258 e. The fourth-order valence-electron chi connectivity index (χ4n) is 2.48. The molecule has 4 nitrogen and oxygen atoms in total. The molecular weight excluding hydrogens is 308 g/mol. The molecule has 0 saturated carbocycles. The Morgan fingerprint density at radius 2 is 2.09 bits per heavy atom.